The van der Waals surface area contributed by atoms with Crippen LogP contribution in [0.1, 0.15) is 20.3 Å². The molecule has 2 atom stereocenters. The summed E-state index contributed by atoms with van der Waals surface area (Å²) in [4.78, 5) is 18.3. The fourth-order valence-corrected chi connectivity index (χ4v) is 7.17. The SMILES string of the molecule is CC(C)CC(=O)N=C1SC2CS(=O)(=O)CC2N1c1ccc(Br)cc1. The fraction of sp³-hybridized carbons (Fsp3) is 0.500. The van der Waals surface area contributed by atoms with Gasteiger partial charge in [0.1, 0.15) is 0 Å². The van der Waals surface area contributed by atoms with Gasteiger partial charge in [0, 0.05) is 21.8 Å². The third-order valence-corrected chi connectivity index (χ3v) is 7.71. The number of carbonyl (C=O) groups is 1. The van der Waals surface area contributed by atoms with E-state index in [1.807, 2.05) is 43.0 Å². The number of halogens is 1. The Balaban J connectivity index is 1.95. The van der Waals surface area contributed by atoms with E-state index in [-0.39, 0.29) is 34.6 Å². The molecule has 2 unspecified atom stereocenters. The van der Waals surface area contributed by atoms with E-state index in [0.717, 1.165) is 10.2 Å². The number of carbonyl (C=O) groups excluding carboxylic acids is 1. The molecule has 0 aromatic heterocycles. The van der Waals surface area contributed by atoms with Gasteiger partial charge in [0.05, 0.1) is 17.5 Å². The van der Waals surface area contributed by atoms with Gasteiger partial charge in [-0.1, -0.05) is 41.5 Å². The third kappa shape index (κ3) is 3.86. The number of amides is 1. The first-order chi connectivity index (χ1) is 11.2. The minimum atomic E-state index is -3.04. The van der Waals surface area contributed by atoms with Gasteiger partial charge in [-0.05, 0) is 30.2 Å². The van der Waals surface area contributed by atoms with Crippen LogP contribution in [0.4, 0.5) is 5.69 Å². The molecule has 1 aromatic rings. The number of sulfone groups is 1. The van der Waals surface area contributed by atoms with Gasteiger partial charge in [-0.25, -0.2) is 8.42 Å². The van der Waals surface area contributed by atoms with Crippen LogP contribution in [0.15, 0.2) is 33.7 Å². The number of benzene rings is 1. The number of fused-ring (bicyclic) bond motifs is 1. The zero-order valence-electron chi connectivity index (χ0n) is 13.5. The molecule has 0 N–H and O–H groups in total. The average Bonchev–Trinajstić information content (AvgIpc) is 2.90. The van der Waals surface area contributed by atoms with Crippen LogP contribution in [0.2, 0.25) is 0 Å². The summed E-state index contributed by atoms with van der Waals surface area (Å²) in [7, 11) is -3.04. The molecule has 130 valence electrons. The maximum absolute atomic E-state index is 12.1. The number of thioether (sulfide) groups is 1. The maximum Gasteiger partial charge on any atom is 0.248 e. The summed E-state index contributed by atoms with van der Waals surface area (Å²) < 4.78 is 24.9. The quantitative estimate of drug-likeness (QED) is 0.736. The van der Waals surface area contributed by atoms with E-state index in [4.69, 9.17) is 0 Å². The van der Waals surface area contributed by atoms with Crippen molar-refractivity contribution in [2.45, 2.75) is 31.6 Å². The Labute approximate surface area is 155 Å². The molecule has 1 amide bonds. The molecular weight excluding hydrogens is 412 g/mol. The first-order valence-electron chi connectivity index (χ1n) is 7.78. The van der Waals surface area contributed by atoms with Crippen LogP contribution in [-0.2, 0) is 14.6 Å². The van der Waals surface area contributed by atoms with Gasteiger partial charge in [-0.15, -0.1) is 0 Å². The lowest BCUT2D eigenvalue weighted by Gasteiger charge is -2.24. The second-order valence-electron chi connectivity index (χ2n) is 6.53. The lowest BCUT2D eigenvalue weighted by Crippen LogP contribution is -2.37. The summed E-state index contributed by atoms with van der Waals surface area (Å²) in [5.41, 5.74) is 0.867. The zero-order chi connectivity index (χ0) is 17.5. The highest BCUT2D eigenvalue weighted by molar-refractivity contribution is 9.10. The molecular formula is C16H19BrN2O3S2. The summed E-state index contributed by atoms with van der Waals surface area (Å²) >= 11 is 4.82. The Kier molecular flexibility index (Phi) is 5.09. The average molecular weight is 431 g/mol. The lowest BCUT2D eigenvalue weighted by molar-refractivity contribution is -0.118. The predicted octanol–water partition coefficient (Wildman–Crippen LogP) is 3.10. The molecule has 5 nitrogen and oxygen atoms in total. The van der Waals surface area contributed by atoms with E-state index in [1.54, 1.807) is 0 Å². The number of amidine groups is 1. The van der Waals surface area contributed by atoms with Gasteiger partial charge in [0.25, 0.3) is 0 Å². The van der Waals surface area contributed by atoms with Gasteiger partial charge in [0.2, 0.25) is 5.91 Å². The minimum Gasteiger partial charge on any atom is -0.316 e. The highest BCUT2D eigenvalue weighted by atomic mass is 79.9. The minimum absolute atomic E-state index is 0.0655. The van der Waals surface area contributed by atoms with Gasteiger partial charge in [-0.3, -0.25) is 4.79 Å². The van der Waals surface area contributed by atoms with Crippen LogP contribution in [0, 0.1) is 5.92 Å². The molecule has 0 aliphatic carbocycles. The summed E-state index contributed by atoms with van der Waals surface area (Å²) in [6.45, 7) is 3.96. The Morgan fingerprint density at radius 3 is 2.62 bits per heavy atom. The number of hydrogen-bond acceptors (Lipinski definition) is 4. The van der Waals surface area contributed by atoms with Crippen molar-refractivity contribution in [1.82, 2.24) is 0 Å². The molecule has 0 bridgehead atoms. The van der Waals surface area contributed by atoms with Crippen molar-refractivity contribution in [2.24, 2.45) is 10.9 Å². The van der Waals surface area contributed by atoms with E-state index in [2.05, 4.69) is 20.9 Å². The van der Waals surface area contributed by atoms with Crippen molar-refractivity contribution < 1.29 is 13.2 Å². The Morgan fingerprint density at radius 1 is 1.33 bits per heavy atom. The van der Waals surface area contributed by atoms with E-state index < -0.39 is 9.84 Å². The molecule has 2 fully saturated rings. The van der Waals surface area contributed by atoms with Crippen molar-refractivity contribution in [3.05, 3.63) is 28.7 Å². The summed E-state index contributed by atoms with van der Waals surface area (Å²) in [6, 6.07) is 7.49. The van der Waals surface area contributed by atoms with Crippen molar-refractivity contribution in [1.29, 1.82) is 0 Å². The van der Waals surface area contributed by atoms with Crippen LogP contribution in [0.3, 0.4) is 0 Å². The molecule has 0 spiro atoms. The highest BCUT2D eigenvalue weighted by Crippen LogP contribution is 2.41. The Hall–Kier alpha value is -0.860. The first-order valence-corrected chi connectivity index (χ1v) is 11.3. The predicted molar refractivity (Wildman–Crippen MR) is 102 cm³/mol. The van der Waals surface area contributed by atoms with Crippen LogP contribution in [0.5, 0.6) is 0 Å². The normalized spacial score (nSPS) is 27.0. The molecule has 2 aliphatic heterocycles. The van der Waals surface area contributed by atoms with E-state index in [0.29, 0.717) is 11.6 Å². The van der Waals surface area contributed by atoms with Crippen LogP contribution in [-0.4, -0.2) is 42.3 Å². The van der Waals surface area contributed by atoms with Crippen molar-refractivity contribution in [3.63, 3.8) is 0 Å². The monoisotopic (exact) mass is 430 g/mol. The van der Waals surface area contributed by atoms with Crippen molar-refractivity contribution >= 4 is 54.3 Å². The molecule has 3 rings (SSSR count). The number of hydrogen-bond donors (Lipinski definition) is 0. The van der Waals surface area contributed by atoms with Crippen LogP contribution >= 0.6 is 27.7 Å². The smallest absolute Gasteiger partial charge is 0.248 e. The van der Waals surface area contributed by atoms with Gasteiger partial charge in [0.15, 0.2) is 15.0 Å². The Morgan fingerprint density at radius 2 is 2.00 bits per heavy atom. The molecule has 8 heteroatoms. The molecule has 2 saturated heterocycles. The number of aliphatic imine (C=N–C) groups is 1. The molecule has 0 radical (unpaired) electrons. The van der Waals surface area contributed by atoms with E-state index in [1.165, 1.54) is 11.8 Å². The Bertz CT molecular complexity index is 775. The van der Waals surface area contributed by atoms with Gasteiger partial charge >= 0.3 is 0 Å². The number of nitrogens with zero attached hydrogens (tertiary/aromatic N) is 2. The first kappa shape index (κ1) is 17.9. The van der Waals surface area contributed by atoms with Crippen LogP contribution < -0.4 is 4.90 Å². The topological polar surface area (TPSA) is 66.8 Å². The number of anilines is 1. The third-order valence-electron chi connectivity index (χ3n) is 3.97. The standard InChI is InChI=1S/C16H19BrN2O3S2/c1-10(2)7-15(20)18-16-19(12-5-3-11(17)4-6-12)13-8-24(21,22)9-14(13)23-16/h3-6,10,13-14H,7-9H2,1-2H3. The summed E-state index contributed by atoms with van der Waals surface area (Å²) in [6.07, 6.45) is 0.395. The number of rotatable bonds is 3. The summed E-state index contributed by atoms with van der Waals surface area (Å²) in [5, 5.41) is 0.553. The van der Waals surface area contributed by atoms with Crippen LogP contribution in [0.25, 0.3) is 0 Å². The second kappa shape index (κ2) is 6.80. The lowest BCUT2D eigenvalue weighted by atomic mass is 10.1. The zero-order valence-corrected chi connectivity index (χ0v) is 16.7. The molecule has 2 aliphatic rings. The largest absolute Gasteiger partial charge is 0.316 e. The van der Waals surface area contributed by atoms with Gasteiger partial charge in [-0.2, -0.15) is 4.99 Å². The fourth-order valence-electron chi connectivity index (χ4n) is 2.97. The summed E-state index contributed by atoms with van der Waals surface area (Å²) in [5.74, 6) is 0.344. The second-order valence-corrected chi connectivity index (χ2v) is 10.8. The van der Waals surface area contributed by atoms with Crippen molar-refractivity contribution in [2.75, 3.05) is 16.4 Å². The van der Waals surface area contributed by atoms with Crippen molar-refractivity contribution in [3.8, 4) is 0 Å². The molecule has 24 heavy (non-hydrogen) atoms. The molecule has 0 saturated carbocycles. The molecule has 1 aromatic carbocycles. The highest BCUT2D eigenvalue weighted by Gasteiger charge is 2.49. The van der Waals surface area contributed by atoms with E-state index >= 15 is 0 Å². The molecule has 2 heterocycles. The van der Waals surface area contributed by atoms with E-state index in [9.17, 15) is 13.2 Å². The van der Waals surface area contributed by atoms with Gasteiger partial charge < -0.3 is 4.90 Å². The maximum atomic E-state index is 12.1.